The minimum atomic E-state index is -0.657. The summed E-state index contributed by atoms with van der Waals surface area (Å²) in [5, 5.41) is 2.79. The number of hydrogen-bond donors (Lipinski definition) is 2. The molecule has 0 saturated carbocycles. The van der Waals surface area contributed by atoms with Crippen LogP contribution in [-0.2, 0) is 16.0 Å². The maximum absolute atomic E-state index is 14.2. The summed E-state index contributed by atoms with van der Waals surface area (Å²) >= 11 is 1.23. The van der Waals surface area contributed by atoms with Gasteiger partial charge in [-0.2, -0.15) is 0 Å². The second kappa shape index (κ2) is 8.39. The number of anilines is 2. The number of benzene rings is 2. The Labute approximate surface area is 159 Å². The van der Waals surface area contributed by atoms with Gasteiger partial charge < -0.3 is 16.0 Å². The number of thioether (sulfide) groups is 1. The molecule has 1 aliphatic heterocycles. The number of nitrogens with two attached hydrogens (primary N) is 1. The molecular weight excluding hydrogens is 372 g/mol. The van der Waals surface area contributed by atoms with Crippen molar-refractivity contribution in [3.05, 3.63) is 53.6 Å². The van der Waals surface area contributed by atoms with Gasteiger partial charge in [-0.1, -0.05) is 12.1 Å². The number of aryl methyl sites for hydroxylation is 1. The largest absolute Gasteiger partial charge is 0.369 e. The van der Waals surface area contributed by atoms with Crippen molar-refractivity contribution in [3.63, 3.8) is 0 Å². The fourth-order valence-electron chi connectivity index (χ4n) is 3.10. The molecule has 2 aromatic carbocycles. The molecular formula is C19H19F2N3O2S. The Kier molecular flexibility index (Phi) is 5.95. The molecule has 1 aliphatic rings. The summed E-state index contributed by atoms with van der Waals surface area (Å²) in [6.07, 6.45) is 1.29. The fourth-order valence-corrected chi connectivity index (χ4v) is 3.85. The predicted octanol–water partition coefficient (Wildman–Crippen LogP) is 2.93. The number of nitrogens with zero attached hydrogens (tertiary/aromatic N) is 1. The SMILES string of the molecule is NC(=O)CSc1ccccc1NC(=O)CN1CCCc2cc(F)cc(F)c21. The topological polar surface area (TPSA) is 75.4 Å². The minimum Gasteiger partial charge on any atom is -0.369 e. The van der Waals surface area contributed by atoms with E-state index in [9.17, 15) is 18.4 Å². The average Bonchev–Trinajstić information content (AvgIpc) is 2.60. The maximum Gasteiger partial charge on any atom is 0.243 e. The van der Waals surface area contributed by atoms with Crippen molar-refractivity contribution < 1.29 is 18.4 Å². The van der Waals surface area contributed by atoms with Crippen LogP contribution in [0.3, 0.4) is 0 Å². The fraction of sp³-hybridized carbons (Fsp3) is 0.263. The van der Waals surface area contributed by atoms with E-state index in [0.29, 0.717) is 30.6 Å². The number of nitrogens with one attached hydrogen (secondary N) is 1. The molecule has 5 nitrogen and oxygen atoms in total. The number of primary amides is 1. The summed E-state index contributed by atoms with van der Waals surface area (Å²) in [7, 11) is 0. The van der Waals surface area contributed by atoms with E-state index in [1.54, 1.807) is 29.2 Å². The van der Waals surface area contributed by atoms with Crippen LogP contribution in [0.25, 0.3) is 0 Å². The van der Waals surface area contributed by atoms with Gasteiger partial charge in [-0.25, -0.2) is 8.78 Å². The van der Waals surface area contributed by atoms with Crippen molar-refractivity contribution in [1.82, 2.24) is 0 Å². The number of rotatable bonds is 6. The number of para-hydroxylation sites is 1. The third-order valence-corrected chi connectivity index (χ3v) is 5.26. The summed E-state index contributed by atoms with van der Waals surface area (Å²) in [6, 6.07) is 9.22. The molecule has 3 rings (SSSR count). The van der Waals surface area contributed by atoms with Gasteiger partial charge in [0.1, 0.15) is 11.6 Å². The molecule has 0 unspecified atom stereocenters. The smallest absolute Gasteiger partial charge is 0.243 e. The van der Waals surface area contributed by atoms with E-state index in [2.05, 4.69) is 5.32 Å². The molecule has 0 radical (unpaired) electrons. The zero-order chi connectivity index (χ0) is 19.4. The normalized spacial score (nSPS) is 13.2. The summed E-state index contributed by atoms with van der Waals surface area (Å²) in [5.41, 5.74) is 6.59. The van der Waals surface area contributed by atoms with Gasteiger partial charge in [0.05, 0.1) is 23.7 Å². The number of halogens is 2. The number of fused-ring (bicyclic) bond motifs is 1. The molecule has 0 aromatic heterocycles. The van der Waals surface area contributed by atoms with Crippen LogP contribution in [0.4, 0.5) is 20.2 Å². The van der Waals surface area contributed by atoms with Crippen LogP contribution in [0.2, 0.25) is 0 Å². The third-order valence-electron chi connectivity index (χ3n) is 4.16. The monoisotopic (exact) mass is 391 g/mol. The Morgan fingerprint density at radius 2 is 2.00 bits per heavy atom. The van der Waals surface area contributed by atoms with Crippen LogP contribution in [0.5, 0.6) is 0 Å². The van der Waals surface area contributed by atoms with Gasteiger partial charge >= 0.3 is 0 Å². The Hall–Kier alpha value is -2.61. The molecule has 8 heteroatoms. The Morgan fingerprint density at radius 1 is 1.22 bits per heavy atom. The zero-order valence-corrected chi connectivity index (χ0v) is 15.3. The second-order valence-corrected chi connectivity index (χ2v) is 7.24. The first-order valence-electron chi connectivity index (χ1n) is 8.47. The van der Waals surface area contributed by atoms with Crippen molar-refractivity contribution >= 4 is 35.0 Å². The van der Waals surface area contributed by atoms with E-state index in [-0.39, 0.29) is 23.9 Å². The lowest BCUT2D eigenvalue weighted by Gasteiger charge is -2.31. The summed E-state index contributed by atoms with van der Waals surface area (Å²) in [6.45, 7) is 0.464. The van der Waals surface area contributed by atoms with E-state index in [1.165, 1.54) is 17.8 Å². The van der Waals surface area contributed by atoms with E-state index >= 15 is 0 Å². The Balaban J connectivity index is 1.72. The first-order chi connectivity index (χ1) is 12.9. The molecule has 0 bridgehead atoms. The lowest BCUT2D eigenvalue weighted by Crippen LogP contribution is -2.37. The van der Waals surface area contributed by atoms with Crippen LogP contribution in [0.15, 0.2) is 41.3 Å². The van der Waals surface area contributed by atoms with Crippen molar-refractivity contribution in [2.75, 3.05) is 29.1 Å². The minimum absolute atomic E-state index is 0.0512. The summed E-state index contributed by atoms with van der Waals surface area (Å²) in [4.78, 5) is 25.8. The Bertz CT molecular complexity index is 876. The molecule has 2 aromatic rings. The molecule has 142 valence electrons. The molecule has 0 spiro atoms. The molecule has 3 N–H and O–H groups in total. The van der Waals surface area contributed by atoms with Crippen molar-refractivity contribution in [3.8, 4) is 0 Å². The average molecular weight is 391 g/mol. The first kappa shape index (κ1) is 19.2. The zero-order valence-electron chi connectivity index (χ0n) is 14.5. The third kappa shape index (κ3) is 4.77. The Morgan fingerprint density at radius 3 is 2.78 bits per heavy atom. The highest BCUT2D eigenvalue weighted by Crippen LogP contribution is 2.31. The summed E-state index contributed by atoms with van der Waals surface area (Å²) < 4.78 is 27.7. The van der Waals surface area contributed by atoms with Gasteiger partial charge in [-0.05, 0) is 36.6 Å². The van der Waals surface area contributed by atoms with E-state index in [4.69, 9.17) is 5.73 Å². The lowest BCUT2D eigenvalue weighted by molar-refractivity contribution is -0.116. The van der Waals surface area contributed by atoms with Crippen LogP contribution in [0.1, 0.15) is 12.0 Å². The van der Waals surface area contributed by atoms with Crippen molar-refractivity contribution in [2.45, 2.75) is 17.7 Å². The van der Waals surface area contributed by atoms with Gasteiger partial charge in [0, 0.05) is 17.5 Å². The first-order valence-corrected chi connectivity index (χ1v) is 9.45. The van der Waals surface area contributed by atoms with E-state index in [1.807, 2.05) is 0 Å². The molecule has 0 atom stereocenters. The quantitative estimate of drug-likeness (QED) is 0.743. The molecule has 27 heavy (non-hydrogen) atoms. The highest BCUT2D eigenvalue weighted by atomic mass is 32.2. The highest BCUT2D eigenvalue weighted by molar-refractivity contribution is 8.00. The molecule has 1 heterocycles. The van der Waals surface area contributed by atoms with Gasteiger partial charge in [-0.15, -0.1) is 11.8 Å². The summed E-state index contributed by atoms with van der Waals surface area (Å²) in [5.74, 6) is -1.94. The molecule has 0 fully saturated rings. The van der Waals surface area contributed by atoms with Gasteiger partial charge in [0.25, 0.3) is 0 Å². The second-order valence-electron chi connectivity index (χ2n) is 6.22. The lowest BCUT2D eigenvalue weighted by atomic mass is 10.0. The van der Waals surface area contributed by atoms with E-state index < -0.39 is 17.5 Å². The van der Waals surface area contributed by atoms with Crippen LogP contribution < -0.4 is 16.0 Å². The van der Waals surface area contributed by atoms with Crippen molar-refractivity contribution in [1.29, 1.82) is 0 Å². The highest BCUT2D eigenvalue weighted by Gasteiger charge is 2.24. The standard InChI is InChI=1S/C19H19F2N3O2S/c20-13-8-12-4-3-7-24(19(12)14(21)9-13)10-18(26)23-15-5-1-2-6-16(15)27-11-17(22)25/h1-2,5-6,8-9H,3-4,7,10-11H2,(H2,22,25)(H,23,26). The van der Waals surface area contributed by atoms with Crippen LogP contribution in [-0.4, -0.2) is 30.7 Å². The number of hydrogen-bond acceptors (Lipinski definition) is 4. The van der Waals surface area contributed by atoms with Crippen molar-refractivity contribution in [2.24, 2.45) is 5.73 Å². The molecule has 0 saturated heterocycles. The number of amides is 2. The van der Waals surface area contributed by atoms with Gasteiger partial charge in [0.15, 0.2) is 0 Å². The van der Waals surface area contributed by atoms with Crippen LogP contribution in [0, 0.1) is 11.6 Å². The molecule has 2 amide bonds. The van der Waals surface area contributed by atoms with Crippen LogP contribution >= 0.6 is 11.8 Å². The predicted molar refractivity (Wildman–Crippen MR) is 102 cm³/mol. The number of carbonyl (C=O) groups excluding carboxylic acids is 2. The van der Waals surface area contributed by atoms with Gasteiger partial charge in [0.2, 0.25) is 11.8 Å². The van der Waals surface area contributed by atoms with Gasteiger partial charge in [-0.3, -0.25) is 9.59 Å². The molecule has 0 aliphatic carbocycles. The van der Waals surface area contributed by atoms with E-state index in [0.717, 1.165) is 11.0 Å². The number of carbonyl (C=O) groups is 2. The maximum atomic E-state index is 14.2.